The average molecular weight is 240 g/mol. The van der Waals surface area contributed by atoms with Crippen LogP contribution in [0.4, 0.5) is 0 Å². The Morgan fingerprint density at radius 2 is 2.50 bits per heavy atom. The molecule has 16 heavy (non-hydrogen) atoms. The van der Waals surface area contributed by atoms with Gasteiger partial charge in [-0.2, -0.15) is 11.8 Å². The van der Waals surface area contributed by atoms with E-state index in [1.165, 1.54) is 11.3 Å². The fraction of sp³-hybridized carbons (Fsp3) is 0.727. The molecule has 1 N–H and O–H groups in total. The maximum atomic E-state index is 5.46. The third kappa shape index (κ3) is 2.12. The van der Waals surface area contributed by atoms with Crippen LogP contribution in [-0.2, 0) is 24.2 Å². The molecule has 0 aromatic carbocycles. The van der Waals surface area contributed by atoms with E-state index in [4.69, 9.17) is 9.26 Å². The van der Waals surface area contributed by atoms with Gasteiger partial charge in [0.1, 0.15) is 5.76 Å². The summed E-state index contributed by atoms with van der Waals surface area (Å²) in [5.74, 6) is 3.40. The SMILES string of the molecule is C1CSCC(Cc2onc3c2COCC3)N1. The first-order valence-electron chi connectivity index (χ1n) is 5.78. The quantitative estimate of drug-likeness (QED) is 0.835. The first kappa shape index (κ1) is 10.6. The predicted molar refractivity (Wildman–Crippen MR) is 62.7 cm³/mol. The average Bonchev–Trinajstić information content (AvgIpc) is 2.74. The van der Waals surface area contributed by atoms with Gasteiger partial charge in [-0.05, 0) is 0 Å². The first-order valence-corrected chi connectivity index (χ1v) is 6.94. The predicted octanol–water partition coefficient (Wildman–Crippen LogP) is 0.995. The van der Waals surface area contributed by atoms with Crippen LogP contribution in [0.5, 0.6) is 0 Å². The molecule has 1 atom stereocenters. The molecular formula is C11H16N2O2S. The van der Waals surface area contributed by atoms with E-state index in [1.807, 2.05) is 11.8 Å². The van der Waals surface area contributed by atoms with E-state index in [2.05, 4.69) is 10.5 Å². The van der Waals surface area contributed by atoms with Gasteiger partial charge in [-0.15, -0.1) is 0 Å². The van der Waals surface area contributed by atoms with Gasteiger partial charge in [0.25, 0.3) is 0 Å². The van der Waals surface area contributed by atoms with Crippen molar-refractivity contribution in [3.63, 3.8) is 0 Å². The Bertz CT molecular complexity index is 361. The molecule has 0 radical (unpaired) electrons. The van der Waals surface area contributed by atoms with Crippen molar-refractivity contribution in [1.82, 2.24) is 10.5 Å². The van der Waals surface area contributed by atoms with Crippen LogP contribution in [0.25, 0.3) is 0 Å². The van der Waals surface area contributed by atoms with E-state index in [1.54, 1.807) is 0 Å². The number of hydrogen-bond donors (Lipinski definition) is 1. The van der Waals surface area contributed by atoms with E-state index < -0.39 is 0 Å². The number of aromatic nitrogens is 1. The van der Waals surface area contributed by atoms with Gasteiger partial charge in [-0.25, -0.2) is 0 Å². The molecule has 4 nitrogen and oxygen atoms in total. The summed E-state index contributed by atoms with van der Waals surface area (Å²) in [6.45, 7) is 2.55. The van der Waals surface area contributed by atoms with Crippen molar-refractivity contribution in [3.8, 4) is 0 Å². The second-order valence-electron chi connectivity index (χ2n) is 4.26. The van der Waals surface area contributed by atoms with Crippen molar-refractivity contribution >= 4 is 11.8 Å². The Kier molecular flexibility index (Phi) is 3.17. The number of rotatable bonds is 2. The lowest BCUT2D eigenvalue weighted by atomic mass is 10.1. The molecule has 1 aromatic heterocycles. The number of nitrogens with zero attached hydrogens (tertiary/aromatic N) is 1. The number of thioether (sulfide) groups is 1. The number of hydrogen-bond acceptors (Lipinski definition) is 5. The van der Waals surface area contributed by atoms with Crippen molar-refractivity contribution in [1.29, 1.82) is 0 Å². The van der Waals surface area contributed by atoms with E-state index in [0.717, 1.165) is 43.2 Å². The summed E-state index contributed by atoms with van der Waals surface area (Å²) in [5.41, 5.74) is 2.30. The van der Waals surface area contributed by atoms with E-state index in [9.17, 15) is 0 Å². The molecule has 88 valence electrons. The summed E-state index contributed by atoms with van der Waals surface area (Å²) < 4.78 is 10.9. The van der Waals surface area contributed by atoms with Crippen LogP contribution in [0.1, 0.15) is 17.0 Å². The molecular weight excluding hydrogens is 224 g/mol. The lowest BCUT2D eigenvalue weighted by molar-refractivity contribution is 0.109. The minimum atomic E-state index is 0.526. The van der Waals surface area contributed by atoms with Gasteiger partial charge >= 0.3 is 0 Å². The van der Waals surface area contributed by atoms with Crippen LogP contribution in [0, 0.1) is 0 Å². The molecule has 0 spiro atoms. The highest BCUT2D eigenvalue weighted by Crippen LogP contribution is 2.22. The number of ether oxygens (including phenoxy) is 1. The Labute approximate surface area is 99.1 Å². The van der Waals surface area contributed by atoms with Gasteiger partial charge in [0.15, 0.2) is 0 Å². The van der Waals surface area contributed by atoms with Gasteiger partial charge in [-0.3, -0.25) is 0 Å². The maximum absolute atomic E-state index is 5.46. The fourth-order valence-electron chi connectivity index (χ4n) is 2.22. The summed E-state index contributed by atoms with van der Waals surface area (Å²) in [4.78, 5) is 0. The zero-order valence-corrected chi connectivity index (χ0v) is 10.0. The van der Waals surface area contributed by atoms with Crippen molar-refractivity contribution in [2.75, 3.05) is 24.7 Å². The summed E-state index contributed by atoms with van der Waals surface area (Å²) in [5, 5.41) is 7.65. The third-order valence-electron chi connectivity index (χ3n) is 3.11. The van der Waals surface area contributed by atoms with Gasteiger partial charge in [-0.1, -0.05) is 5.16 Å². The summed E-state index contributed by atoms with van der Waals surface area (Å²) in [6, 6.07) is 0.526. The van der Waals surface area contributed by atoms with E-state index in [-0.39, 0.29) is 0 Å². The zero-order valence-electron chi connectivity index (χ0n) is 9.20. The molecule has 3 rings (SSSR count). The van der Waals surface area contributed by atoms with Crippen LogP contribution in [0.15, 0.2) is 4.52 Å². The summed E-state index contributed by atoms with van der Waals surface area (Å²) in [7, 11) is 0. The second kappa shape index (κ2) is 4.77. The standard InChI is InChI=1S/C11H16N2O2S/c1-3-14-6-9-10(1)13-15-11(9)5-8-7-16-4-2-12-8/h8,12H,1-7H2. The largest absolute Gasteiger partial charge is 0.376 e. The number of fused-ring (bicyclic) bond motifs is 1. The Morgan fingerprint density at radius 1 is 1.50 bits per heavy atom. The highest BCUT2D eigenvalue weighted by Gasteiger charge is 2.23. The van der Waals surface area contributed by atoms with Crippen LogP contribution < -0.4 is 5.32 Å². The van der Waals surface area contributed by atoms with E-state index >= 15 is 0 Å². The van der Waals surface area contributed by atoms with Crippen LogP contribution in [-0.4, -0.2) is 35.9 Å². The highest BCUT2D eigenvalue weighted by molar-refractivity contribution is 7.99. The molecule has 0 bridgehead atoms. The number of nitrogens with one attached hydrogen (secondary N) is 1. The van der Waals surface area contributed by atoms with Crippen molar-refractivity contribution in [3.05, 3.63) is 17.0 Å². The molecule has 1 fully saturated rings. The van der Waals surface area contributed by atoms with Gasteiger partial charge in [0.2, 0.25) is 0 Å². The monoisotopic (exact) mass is 240 g/mol. The molecule has 2 aliphatic heterocycles. The summed E-state index contributed by atoms with van der Waals surface area (Å²) in [6.07, 6.45) is 1.84. The van der Waals surface area contributed by atoms with Crippen molar-refractivity contribution in [2.45, 2.75) is 25.5 Å². The van der Waals surface area contributed by atoms with Gasteiger partial charge in [0.05, 0.1) is 18.9 Å². The van der Waals surface area contributed by atoms with E-state index in [0.29, 0.717) is 12.6 Å². The Balaban J connectivity index is 1.71. The van der Waals surface area contributed by atoms with Crippen LogP contribution in [0.3, 0.4) is 0 Å². The molecule has 0 aliphatic carbocycles. The topological polar surface area (TPSA) is 47.3 Å². The smallest absolute Gasteiger partial charge is 0.144 e. The Morgan fingerprint density at radius 3 is 3.38 bits per heavy atom. The molecule has 5 heteroatoms. The molecule has 1 unspecified atom stereocenters. The lowest BCUT2D eigenvalue weighted by Crippen LogP contribution is -2.39. The molecule has 3 heterocycles. The van der Waals surface area contributed by atoms with Crippen molar-refractivity contribution in [2.24, 2.45) is 0 Å². The van der Waals surface area contributed by atoms with Gasteiger partial charge in [0, 0.05) is 42.5 Å². The second-order valence-corrected chi connectivity index (χ2v) is 5.41. The van der Waals surface area contributed by atoms with Crippen molar-refractivity contribution < 1.29 is 9.26 Å². The Hall–Kier alpha value is -0.520. The fourth-order valence-corrected chi connectivity index (χ4v) is 3.17. The maximum Gasteiger partial charge on any atom is 0.144 e. The molecule has 0 saturated carbocycles. The minimum absolute atomic E-state index is 0.526. The minimum Gasteiger partial charge on any atom is -0.376 e. The summed E-state index contributed by atoms with van der Waals surface area (Å²) >= 11 is 2.01. The highest BCUT2D eigenvalue weighted by atomic mass is 32.2. The van der Waals surface area contributed by atoms with Crippen LogP contribution >= 0.6 is 11.8 Å². The first-order chi connectivity index (χ1) is 7.93. The lowest BCUT2D eigenvalue weighted by Gasteiger charge is -2.22. The molecule has 2 aliphatic rings. The molecule has 0 amide bonds. The van der Waals surface area contributed by atoms with Crippen LogP contribution in [0.2, 0.25) is 0 Å². The third-order valence-corrected chi connectivity index (χ3v) is 4.24. The zero-order chi connectivity index (χ0) is 10.8. The van der Waals surface area contributed by atoms with Gasteiger partial charge < -0.3 is 14.6 Å². The molecule has 1 saturated heterocycles. The normalized spacial score (nSPS) is 25.4. The molecule has 1 aromatic rings.